The van der Waals surface area contributed by atoms with Crippen molar-refractivity contribution in [2.45, 2.75) is 0 Å². The van der Waals surface area contributed by atoms with Crippen molar-refractivity contribution in [2.24, 2.45) is 4.99 Å². The van der Waals surface area contributed by atoms with Crippen LogP contribution < -0.4 is 5.32 Å². The molecule has 0 spiro atoms. The van der Waals surface area contributed by atoms with Gasteiger partial charge in [0, 0.05) is 28.2 Å². The maximum absolute atomic E-state index is 10.8. The molecule has 6 nitrogen and oxygen atoms in total. The maximum atomic E-state index is 10.8. The van der Waals surface area contributed by atoms with Crippen LogP contribution in [0.15, 0.2) is 4.99 Å². The first-order valence-electron chi connectivity index (χ1n) is 4.20. The van der Waals surface area contributed by atoms with E-state index in [0.29, 0.717) is 5.96 Å². The average molecular weight is 232 g/mol. The van der Waals surface area contributed by atoms with Gasteiger partial charge in [-0.25, -0.2) is 4.79 Å². The lowest BCUT2D eigenvalue weighted by atomic mass is 10.7. The van der Waals surface area contributed by atoms with E-state index in [9.17, 15) is 4.79 Å². The molecular weight excluding hydrogens is 216 g/mol. The molecule has 86 valence electrons. The molecule has 7 heteroatoms. The van der Waals surface area contributed by atoms with Gasteiger partial charge in [-0.15, -0.1) is 0 Å². The lowest BCUT2D eigenvalue weighted by Crippen LogP contribution is -2.38. The van der Waals surface area contributed by atoms with Crippen LogP contribution in [0.1, 0.15) is 0 Å². The highest BCUT2D eigenvalue weighted by Gasteiger charge is 2.07. The Hall–Kier alpha value is -1.37. The molecule has 0 aliphatic carbocycles. The van der Waals surface area contributed by atoms with Crippen LogP contribution in [0.3, 0.4) is 0 Å². The number of guanidine groups is 1. The molecule has 0 fully saturated rings. The first-order chi connectivity index (χ1) is 6.88. The number of methoxy groups -OCH3 is 1. The third-order valence-electron chi connectivity index (χ3n) is 1.40. The molecule has 0 radical (unpaired) electrons. The van der Waals surface area contributed by atoms with Crippen molar-refractivity contribution >= 4 is 29.4 Å². The van der Waals surface area contributed by atoms with Crippen molar-refractivity contribution in [2.75, 3.05) is 35.3 Å². The minimum absolute atomic E-state index is 0.0688. The van der Waals surface area contributed by atoms with Gasteiger partial charge in [0.25, 0.3) is 0 Å². The second-order valence-electron chi connectivity index (χ2n) is 3.12. The zero-order chi connectivity index (χ0) is 12.0. The first kappa shape index (κ1) is 13.6. The van der Waals surface area contributed by atoms with Gasteiger partial charge in [0.1, 0.15) is 0 Å². The number of ether oxygens (including phenoxy) is 1. The minimum atomic E-state index is -0.624. The Morgan fingerprint density at radius 3 is 2.07 bits per heavy atom. The van der Waals surface area contributed by atoms with Crippen LogP contribution in [-0.4, -0.2) is 62.3 Å². The molecule has 0 rings (SSSR count). The van der Waals surface area contributed by atoms with Gasteiger partial charge in [-0.1, -0.05) is 0 Å². The van der Waals surface area contributed by atoms with Crippen molar-refractivity contribution in [1.82, 2.24) is 15.1 Å². The van der Waals surface area contributed by atoms with Gasteiger partial charge < -0.3 is 14.5 Å². The van der Waals surface area contributed by atoms with Crippen molar-refractivity contribution in [1.29, 1.82) is 0 Å². The fraction of sp³-hybridized carbons (Fsp3) is 0.625. The van der Waals surface area contributed by atoms with Crippen molar-refractivity contribution in [3.63, 3.8) is 0 Å². The number of rotatable bonds is 0. The monoisotopic (exact) mass is 232 g/mol. The Bertz CT molecular complexity index is 266. The molecule has 0 aromatic heterocycles. The molecule has 0 aromatic rings. The Labute approximate surface area is 94.9 Å². The molecule has 0 aromatic carbocycles. The van der Waals surface area contributed by atoms with E-state index in [4.69, 9.17) is 12.2 Å². The maximum Gasteiger partial charge on any atom is 0.413 e. The number of hydrogen-bond acceptors (Lipinski definition) is 3. The molecule has 0 aliphatic heterocycles. The van der Waals surface area contributed by atoms with Crippen molar-refractivity contribution < 1.29 is 9.53 Å². The third kappa shape index (κ3) is 5.16. The van der Waals surface area contributed by atoms with Gasteiger partial charge in [-0.3, -0.25) is 5.32 Å². The molecule has 0 heterocycles. The Balaban J connectivity index is 4.55. The van der Waals surface area contributed by atoms with E-state index in [1.54, 1.807) is 9.80 Å². The Kier molecular flexibility index (Phi) is 5.61. The standard InChI is InChI=1S/C8H16N4O2S/c1-11(2)7(12(3)4)9-6(15)10-8(13)14-5/h1-5H3,(H,10,13,15). The van der Waals surface area contributed by atoms with Gasteiger partial charge >= 0.3 is 6.09 Å². The first-order valence-corrected chi connectivity index (χ1v) is 4.61. The highest BCUT2D eigenvalue weighted by molar-refractivity contribution is 7.80. The van der Waals surface area contributed by atoms with Crippen LogP contribution in [0.4, 0.5) is 4.79 Å². The number of carbonyl (C=O) groups excluding carboxylic acids is 1. The summed E-state index contributed by atoms with van der Waals surface area (Å²) < 4.78 is 4.39. The van der Waals surface area contributed by atoms with E-state index >= 15 is 0 Å². The van der Waals surface area contributed by atoms with Crippen LogP contribution in [0.2, 0.25) is 0 Å². The summed E-state index contributed by atoms with van der Waals surface area (Å²) in [5.41, 5.74) is 0. The minimum Gasteiger partial charge on any atom is -0.453 e. The van der Waals surface area contributed by atoms with Crippen LogP contribution in [-0.2, 0) is 4.74 Å². The summed E-state index contributed by atoms with van der Waals surface area (Å²) in [6.45, 7) is 0. The molecule has 0 saturated heterocycles. The topological polar surface area (TPSA) is 57.2 Å². The number of aliphatic imine (C=N–C) groups is 1. The molecule has 0 aliphatic rings. The van der Waals surface area contributed by atoms with Gasteiger partial charge in [0.15, 0.2) is 0 Å². The summed E-state index contributed by atoms with van der Waals surface area (Å²) in [7, 11) is 8.60. The molecule has 1 N–H and O–H groups in total. The number of thiocarbonyl (C=S) groups is 1. The molecule has 0 saturated carbocycles. The van der Waals surface area contributed by atoms with Crippen molar-refractivity contribution in [3.8, 4) is 0 Å². The van der Waals surface area contributed by atoms with E-state index in [2.05, 4.69) is 15.0 Å². The highest BCUT2D eigenvalue weighted by Crippen LogP contribution is 1.90. The smallest absolute Gasteiger partial charge is 0.413 e. The van der Waals surface area contributed by atoms with E-state index in [1.807, 2.05) is 28.2 Å². The normalized spacial score (nSPS) is 8.87. The lowest BCUT2D eigenvalue weighted by molar-refractivity contribution is 0.177. The number of nitrogens with zero attached hydrogens (tertiary/aromatic N) is 3. The predicted molar refractivity (Wildman–Crippen MR) is 62.9 cm³/mol. The van der Waals surface area contributed by atoms with Gasteiger partial charge in [0.05, 0.1) is 7.11 Å². The van der Waals surface area contributed by atoms with Crippen LogP contribution in [0, 0.1) is 0 Å². The van der Waals surface area contributed by atoms with E-state index in [-0.39, 0.29) is 5.11 Å². The molecule has 0 atom stereocenters. The number of alkyl carbamates (subject to hydrolysis) is 1. The third-order valence-corrected chi connectivity index (χ3v) is 1.59. The summed E-state index contributed by atoms with van der Waals surface area (Å²) in [6, 6.07) is 0. The van der Waals surface area contributed by atoms with Crippen LogP contribution >= 0.6 is 12.2 Å². The molecule has 15 heavy (non-hydrogen) atoms. The number of hydrogen-bond donors (Lipinski definition) is 1. The van der Waals surface area contributed by atoms with Crippen LogP contribution in [0.25, 0.3) is 0 Å². The second kappa shape index (κ2) is 6.18. The quantitative estimate of drug-likeness (QED) is 0.365. The van der Waals surface area contributed by atoms with Crippen molar-refractivity contribution in [3.05, 3.63) is 0 Å². The summed E-state index contributed by atoms with van der Waals surface area (Å²) in [6.07, 6.45) is -0.624. The fourth-order valence-electron chi connectivity index (χ4n) is 0.857. The summed E-state index contributed by atoms with van der Waals surface area (Å²) in [4.78, 5) is 18.4. The van der Waals surface area contributed by atoms with E-state index < -0.39 is 6.09 Å². The summed E-state index contributed by atoms with van der Waals surface area (Å²) >= 11 is 4.86. The lowest BCUT2D eigenvalue weighted by Gasteiger charge is -2.22. The molecular formula is C8H16N4O2S. The largest absolute Gasteiger partial charge is 0.453 e. The van der Waals surface area contributed by atoms with Gasteiger partial charge in [-0.2, -0.15) is 4.99 Å². The highest BCUT2D eigenvalue weighted by atomic mass is 32.1. The van der Waals surface area contributed by atoms with E-state index in [1.165, 1.54) is 7.11 Å². The predicted octanol–water partition coefficient (Wildman–Crippen LogP) is 0.107. The van der Waals surface area contributed by atoms with Gasteiger partial charge in [0.2, 0.25) is 11.1 Å². The second-order valence-corrected chi connectivity index (χ2v) is 3.51. The Morgan fingerprint density at radius 2 is 1.73 bits per heavy atom. The SMILES string of the molecule is COC(=O)NC(=S)N=C(N(C)C)N(C)C. The average Bonchev–Trinajstić information content (AvgIpc) is 2.12. The van der Waals surface area contributed by atoms with Gasteiger partial charge in [-0.05, 0) is 12.2 Å². The molecule has 0 bridgehead atoms. The molecule has 1 amide bonds. The number of carbonyl (C=O) groups is 1. The number of nitrogens with one attached hydrogen (secondary N) is 1. The number of amides is 1. The summed E-state index contributed by atoms with van der Waals surface area (Å²) in [5.74, 6) is 0.636. The molecule has 0 unspecified atom stereocenters. The van der Waals surface area contributed by atoms with Crippen LogP contribution in [0.5, 0.6) is 0 Å². The fourth-order valence-corrected chi connectivity index (χ4v) is 1.02. The zero-order valence-electron chi connectivity index (χ0n) is 9.57. The summed E-state index contributed by atoms with van der Waals surface area (Å²) in [5, 5.41) is 2.37. The zero-order valence-corrected chi connectivity index (χ0v) is 10.4. The Morgan fingerprint density at radius 1 is 1.27 bits per heavy atom. The van der Waals surface area contributed by atoms with E-state index in [0.717, 1.165) is 0 Å².